The average Bonchev–Trinajstić information content (AvgIpc) is 3.19. The second kappa shape index (κ2) is 9.24. The molecule has 1 aromatic heterocycles. The third-order valence-electron chi connectivity index (χ3n) is 4.47. The highest BCUT2D eigenvalue weighted by molar-refractivity contribution is 7.80. The monoisotopic (exact) mass is 416 g/mol. The lowest BCUT2D eigenvalue weighted by Gasteiger charge is -2.11. The third kappa shape index (κ3) is 5.04. The highest BCUT2D eigenvalue weighted by atomic mass is 32.1. The molecule has 0 unspecified atom stereocenters. The molecule has 0 aliphatic carbocycles. The molecule has 3 aromatic carbocycles. The van der Waals surface area contributed by atoms with Crippen LogP contribution in [-0.2, 0) is 6.42 Å². The van der Waals surface area contributed by atoms with Crippen LogP contribution in [-0.4, -0.2) is 17.6 Å². The molecular formula is C24H20N2O3S. The molecular weight excluding hydrogens is 396 g/mol. The van der Waals surface area contributed by atoms with Crippen LogP contribution in [0.2, 0.25) is 0 Å². The number of ether oxygens (including phenoxy) is 1. The van der Waals surface area contributed by atoms with Gasteiger partial charge < -0.3 is 14.5 Å². The minimum absolute atomic E-state index is 0.182. The van der Waals surface area contributed by atoms with Gasteiger partial charge in [0.25, 0.3) is 5.91 Å². The molecule has 0 radical (unpaired) electrons. The van der Waals surface area contributed by atoms with Crippen molar-refractivity contribution in [3.8, 4) is 5.75 Å². The number of hydrogen-bond acceptors (Lipinski definition) is 4. The van der Waals surface area contributed by atoms with Crippen LogP contribution in [0.3, 0.4) is 0 Å². The van der Waals surface area contributed by atoms with Crippen molar-refractivity contribution in [1.29, 1.82) is 0 Å². The zero-order valence-electron chi connectivity index (χ0n) is 16.1. The van der Waals surface area contributed by atoms with E-state index in [-0.39, 0.29) is 10.9 Å². The Morgan fingerprint density at radius 1 is 0.933 bits per heavy atom. The van der Waals surface area contributed by atoms with Gasteiger partial charge in [0.05, 0.1) is 6.61 Å². The smallest absolute Gasteiger partial charge is 0.293 e. The summed E-state index contributed by atoms with van der Waals surface area (Å²) in [5.74, 6) is 0.527. The predicted molar refractivity (Wildman–Crippen MR) is 122 cm³/mol. The number of benzene rings is 3. The molecule has 150 valence electrons. The van der Waals surface area contributed by atoms with Crippen molar-refractivity contribution < 1.29 is 13.9 Å². The van der Waals surface area contributed by atoms with Crippen molar-refractivity contribution in [2.75, 3.05) is 11.9 Å². The Hall–Kier alpha value is -3.64. The van der Waals surface area contributed by atoms with Gasteiger partial charge in [0.15, 0.2) is 10.9 Å². The van der Waals surface area contributed by atoms with E-state index in [1.807, 2.05) is 66.7 Å². The molecule has 0 bridgehead atoms. The summed E-state index contributed by atoms with van der Waals surface area (Å²) in [7, 11) is 0. The molecule has 4 aromatic rings. The zero-order valence-corrected chi connectivity index (χ0v) is 16.9. The first-order valence-electron chi connectivity index (χ1n) is 9.55. The van der Waals surface area contributed by atoms with Crippen LogP contribution in [0.1, 0.15) is 16.1 Å². The fraction of sp³-hybridized carbons (Fsp3) is 0.0833. The van der Waals surface area contributed by atoms with Gasteiger partial charge in [0.1, 0.15) is 11.3 Å². The van der Waals surface area contributed by atoms with E-state index in [1.165, 1.54) is 5.56 Å². The predicted octanol–water partition coefficient (Wildman–Crippen LogP) is 5.18. The molecule has 4 rings (SSSR count). The first-order valence-corrected chi connectivity index (χ1v) is 9.96. The second-order valence-electron chi connectivity index (χ2n) is 6.67. The largest absolute Gasteiger partial charge is 0.493 e. The Kier molecular flexibility index (Phi) is 6.06. The number of carbonyl (C=O) groups excluding carboxylic acids is 1. The third-order valence-corrected chi connectivity index (χ3v) is 4.67. The molecule has 1 amide bonds. The topological polar surface area (TPSA) is 63.5 Å². The van der Waals surface area contributed by atoms with Crippen molar-refractivity contribution in [3.05, 3.63) is 96.3 Å². The first kappa shape index (κ1) is 19.7. The Morgan fingerprint density at radius 3 is 2.57 bits per heavy atom. The van der Waals surface area contributed by atoms with E-state index in [2.05, 4.69) is 22.8 Å². The maximum atomic E-state index is 12.4. The van der Waals surface area contributed by atoms with Crippen LogP contribution < -0.4 is 15.4 Å². The maximum Gasteiger partial charge on any atom is 0.293 e. The molecule has 0 atom stereocenters. The highest BCUT2D eigenvalue weighted by Gasteiger charge is 2.13. The quantitative estimate of drug-likeness (QED) is 0.424. The van der Waals surface area contributed by atoms with Gasteiger partial charge in [-0.15, -0.1) is 0 Å². The van der Waals surface area contributed by atoms with Crippen LogP contribution in [0.15, 0.2) is 89.3 Å². The summed E-state index contributed by atoms with van der Waals surface area (Å²) >= 11 is 5.26. The van der Waals surface area contributed by atoms with Crippen LogP contribution in [0.25, 0.3) is 11.0 Å². The van der Waals surface area contributed by atoms with Gasteiger partial charge in [0.2, 0.25) is 0 Å². The maximum absolute atomic E-state index is 12.4. The number of carbonyl (C=O) groups is 1. The number of fused-ring (bicyclic) bond motifs is 1. The number of para-hydroxylation sites is 1. The molecule has 0 saturated carbocycles. The van der Waals surface area contributed by atoms with Crippen molar-refractivity contribution in [2.45, 2.75) is 6.42 Å². The molecule has 0 saturated heterocycles. The molecule has 6 heteroatoms. The Labute approximate surface area is 179 Å². The Balaban J connectivity index is 1.31. The van der Waals surface area contributed by atoms with Crippen LogP contribution in [0, 0.1) is 0 Å². The van der Waals surface area contributed by atoms with Gasteiger partial charge in [-0.25, -0.2) is 0 Å². The number of rotatable bonds is 6. The highest BCUT2D eigenvalue weighted by Crippen LogP contribution is 2.19. The van der Waals surface area contributed by atoms with E-state index in [1.54, 1.807) is 6.07 Å². The average molecular weight is 417 g/mol. The van der Waals surface area contributed by atoms with Gasteiger partial charge in [-0.1, -0.05) is 54.6 Å². The summed E-state index contributed by atoms with van der Waals surface area (Å²) in [6.45, 7) is 0.570. The van der Waals surface area contributed by atoms with Crippen LogP contribution >= 0.6 is 12.2 Å². The SMILES string of the molecule is O=C(NC(=S)Nc1cccc(OCCc2ccccc2)c1)c1cc2ccccc2o1. The van der Waals surface area contributed by atoms with Gasteiger partial charge in [-0.3, -0.25) is 10.1 Å². The fourth-order valence-corrected chi connectivity index (χ4v) is 3.23. The van der Waals surface area contributed by atoms with Crippen molar-refractivity contribution >= 4 is 39.9 Å². The molecule has 0 fully saturated rings. The Morgan fingerprint density at radius 2 is 1.73 bits per heavy atom. The number of nitrogens with one attached hydrogen (secondary N) is 2. The van der Waals surface area contributed by atoms with Gasteiger partial charge in [-0.2, -0.15) is 0 Å². The number of amides is 1. The normalized spacial score (nSPS) is 10.5. The fourth-order valence-electron chi connectivity index (χ4n) is 3.02. The van der Waals surface area contributed by atoms with Gasteiger partial charge in [0, 0.05) is 23.6 Å². The Bertz CT molecular complexity index is 1140. The van der Waals surface area contributed by atoms with E-state index in [0.717, 1.165) is 23.2 Å². The van der Waals surface area contributed by atoms with Crippen LogP contribution in [0.5, 0.6) is 5.75 Å². The molecule has 0 aliphatic rings. The van der Waals surface area contributed by atoms with Gasteiger partial charge in [-0.05, 0) is 42.0 Å². The zero-order chi connectivity index (χ0) is 20.8. The summed E-state index contributed by atoms with van der Waals surface area (Å²) in [5, 5.41) is 6.68. The molecule has 1 heterocycles. The van der Waals surface area contributed by atoms with E-state index in [0.29, 0.717) is 12.2 Å². The summed E-state index contributed by atoms with van der Waals surface area (Å²) in [4.78, 5) is 12.4. The standard InChI is InChI=1S/C24H20N2O3S/c27-23(22-15-18-9-4-5-12-21(18)29-22)26-24(30)25-19-10-6-11-20(16-19)28-14-13-17-7-2-1-3-8-17/h1-12,15-16H,13-14H2,(H2,25,26,27,30). The minimum Gasteiger partial charge on any atom is -0.493 e. The van der Waals surface area contributed by atoms with E-state index in [4.69, 9.17) is 21.4 Å². The molecule has 0 spiro atoms. The lowest BCUT2D eigenvalue weighted by atomic mass is 10.2. The molecule has 0 aliphatic heterocycles. The van der Waals surface area contributed by atoms with Crippen LogP contribution in [0.4, 0.5) is 5.69 Å². The van der Waals surface area contributed by atoms with Crippen molar-refractivity contribution in [3.63, 3.8) is 0 Å². The minimum atomic E-state index is -0.404. The molecule has 5 nitrogen and oxygen atoms in total. The van der Waals surface area contributed by atoms with Crippen molar-refractivity contribution in [1.82, 2.24) is 5.32 Å². The lowest BCUT2D eigenvalue weighted by Crippen LogP contribution is -2.33. The first-order chi connectivity index (χ1) is 14.7. The van der Waals surface area contributed by atoms with E-state index >= 15 is 0 Å². The summed E-state index contributed by atoms with van der Waals surface area (Å²) < 4.78 is 11.4. The van der Waals surface area contributed by atoms with E-state index in [9.17, 15) is 4.79 Å². The molecule has 2 N–H and O–H groups in total. The summed E-state index contributed by atoms with van der Waals surface area (Å²) in [5.41, 5.74) is 2.60. The number of furan rings is 1. The lowest BCUT2D eigenvalue weighted by molar-refractivity contribution is 0.0953. The number of hydrogen-bond donors (Lipinski definition) is 2. The number of anilines is 1. The second-order valence-corrected chi connectivity index (χ2v) is 7.08. The molecule has 30 heavy (non-hydrogen) atoms. The summed E-state index contributed by atoms with van der Waals surface area (Å²) in [6.07, 6.45) is 0.824. The summed E-state index contributed by atoms with van der Waals surface area (Å²) in [6, 6.07) is 26.7. The van der Waals surface area contributed by atoms with Crippen molar-refractivity contribution in [2.24, 2.45) is 0 Å². The number of thiocarbonyl (C=S) groups is 1. The van der Waals surface area contributed by atoms with Gasteiger partial charge >= 0.3 is 0 Å². The van der Waals surface area contributed by atoms with E-state index < -0.39 is 5.91 Å².